The highest BCUT2D eigenvalue weighted by atomic mass is 16.5. The van der Waals surface area contributed by atoms with Crippen LogP contribution in [0.25, 0.3) is 11.5 Å². The molecule has 0 saturated carbocycles. The van der Waals surface area contributed by atoms with Crippen molar-refractivity contribution in [2.75, 3.05) is 13.2 Å². The molecular weight excluding hydrogens is 230 g/mol. The molecule has 0 fully saturated rings. The summed E-state index contributed by atoms with van der Waals surface area (Å²) in [6.07, 6.45) is 0. The SMILES string of the molecule is CC(C)c1nnc(-c2cccc(OCCN)c2)o1. The predicted molar refractivity (Wildman–Crippen MR) is 68.4 cm³/mol. The van der Waals surface area contributed by atoms with E-state index >= 15 is 0 Å². The summed E-state index contributed by atoms with van der Waals surface area (Å²) >= 11 is 0. The Balaban J connectivity index is 2.21. The molecule has 2 N–H and O–H groups in total. The van der Waals surface area contributed by atoms with Gasteiger partial charge in [-0.1, -0.05) is 19.9 Å². The molecule has 0 aliphatic heterocycles. The Kier molecular flexibility index (Phi) is 3.94. The largest absolute Gasteiger partial charge is 0.492 e. The molecule has 0 bridgehead atoms. The van der Waals surface area contributed by atoms with Crippen LogP contribution in [-0.2, 0) is 0 Å². The Bertz CT molecular complexity index is 508. The molecule has 18 heavy (non-hydrogen) atoms. The fourth-order valence-electron chi connectivity index (χ4n) is 1.48. The fourth-order valence-corrected chi connectivity index (χ4v) is 1.48. The summed E-state index contributed by atoms with van der Waals surface area (Å²) < 4.78 is 11.0. The van der Waals surface area contributed by atoms with E-state index in [1.54, 1.807) is 0 Å². The van der Waals surface area contributed by atoms with E-state index in [0.29, 0.717) is 24.9 Å². The van der Waals surface area contributed by atoms with Gasteiger partial charge in [0.15, 0.2) is 0 Å². The standard InChI is InChI=1S/C13H17N3O2/c1-9(2)12-15-16-13(18-12)10-4-3-5-11(8-10)17-7-6-14/h3-5,8-9H,6-7,14H2,1-2H3. The molecule has 0 radical (unpaired) electrons. The maximum Gasteiger partial charge on any atom is 0.247 e. The van der Waals surface area contributed by atoms with Gasteiger partial charge in [-0.25, -0.2) is 0 Å². The van der Waals surface area contributed by atoms with Gasteiger partial charge in [-0.2, -0.15) is 0 Å². The van der Waals surface area contributed by atoms with E-state index in [2.05, 4.69) is 10.2 Å². The normalized spacial score (nSPS) is 10.9. The van der Waals surface area contributed by atoms with Gasteiger partial charge in [0.25, 0.3) is 0 Å². The monoisotopic (exact) mass is 247 g/mol. The number of rotatable bonds is 5. The summed E-state index contributed by atoms with van der Waals surface area (Å²) in [4.78, 5) is 0. The highest BCUT2D eigenvalue weighted by molar-refractivity contribution is 5.55. The summed E-state index contributed by atoms with van der Waals surface area (Å²) in [5.41, 5.74) is 6.25. The first-order valence-corrected chi connectivity index (χ1v) is 5.97. The quantitative estimate of drug-likeness (QED) is 0.876. The van der Waals surface area contributed by atoms with Crippen LogP contribution in [0.1, 0.15) is 25.7 Å². The molecule has 1 aromatic carbocycles. The second-order valence-corrected chi connectivity index (χ2v) is 4.27. The van der Waals surface area contributed by atoms with E-state index in [-0.39, 0.29) is 5.92 Å². The van der Waals surface area contributed by atoms with E-state index in [1.807, 2.05) is 38.1 Å². The van der Waals surface area contributed by atoms with Gasteiger partial charge in [0.2, 0.25) is 11.8 Å². The molecule has 0 atom stereocenters. The van der Waals surface area contributed by atoms with E-state index < -0.39 is 0 Å². The first kappa shape index (κ1) is 12.6. The molecule has 96 valence electrons. The fraction of sp³-hybridized carbons (Fsp3) is 0.385. The molecule has 0 aliphatic carbocycles. The molecule has 2 aromatic rings. The zero-order chi connectivity index (χ0) is 13.0. The predicted octanol–water partition coefficient (Wildman–Crippen LogP) is 2.20. The Morgan fingerprint density at radius 1 is 1.33 bits per heavy atom. The van der Waals surface area contributed by atoms with Gasteiger partial charge >= 0.3 is 0 Å². The first-order valence-electron chi connectivity index (χ1n) is 5.97. The summed E-state index contributed by atoms with van der Waals surface area (Å²) in [6.45, 7) is 5.00. The lowest BCUT2D eigenvalue weighted by Crippen LogP contribution is -2.10. The first-order chi connectivity index (χ1) is 8.70. The van der Waals surface area contributed by atoms with Crippen LogP contribution in [0.4, 0.5) is 0 Å². The second-order valence-electron chi connectivity index (χ2n) is 4.27. The van der Waals surface area contributed by atoms with Gasteiger partial charge in [0.1, 0.15) is 12.4 Å². The zero-order valence-electron chi connectivity index (χ0n) is 10.6. The highest BCUT2D eigenvalue weighted by Gasteiger charge is 2.11. The Labute approximate surface area is 106 Å². The minimum Gasteiger partial charge on any atom is -0.492 e. The van der Waals surface area contributed by atoms with Crippen molar-refractivity contribution in [1.29, 1.82) is 0 Å². The molecule has 0 saturated heterocycles. The van der Waals surface area contributed by atoms with Crippen molar-refractivity contribution in [3.05, 3.63) is 30.2 Å². The van der Waals surface area contributed by atoms with E-state index in [9.17, 15) is 0 Å². The molecule has 1 heterocycles. The minimum absolute atomic E-state index is 0.225. The molecule has 0 unspecified atom stereocenters. The average Bonchev–Trinajstić information content (AvgIpc) is 2.86. The lowest BCUT2D eigenvalue weighted by molar-refractivity contribution is 0.328. The second kappa shape index (κ2) is 5.64. The van der Waals surface area contributed by atoms with Crippen LogP contribution in [0.3, 0.4) is 0 Å². The lowest BCUT2D eigenvalue weighted by atomic mass is 10.2. The third-order valence-corrected chi connectivity index (χ3v) is 2.40. The smallest absolute Gasteiger partial charge is 0.247 e. The third kappa shape index (κ3) is 2.87. The van der Waals surface area contributed by atoms with E-state index in [1.165, 1.54) is 0 Å². The molecule has 0 aliphatic rings. The number of aromatic nitrogens is 2. The number of hydrogen-bond donors (Lipinski definition) is 1. The molecule has 5 heteroatoms. The van der Waals surface area contributed by atoms with Crippen LogP contribution in [-0.4, -0.2) is 23.3 Å². The van der Waals surface area contributed by atoms with Crippen molar-refractivity contribution < 1.29 is 9.15 Å². The van der Waals surface area contributed by atoms with Crippen LogP contribution in [0.5, 0.6) is 5.75 Å². The van der Waals surface area contributed by atoms with Crippen molar-refractivity contribution >= 4 is 0 Å². The summed E-state index contributed by atoms with van der Waals surface area (Å²) in [5, 5.41) is 8.04. The number of nitrogens with two attached hydrogens (primary N) is 1. The number of benzene rings is 1. The van der Waals surface area contributed by atoms with Crippen LogP contribution >= 0.6 is 0 Å². The Morgan fingerprint density at radius 3 is 2.83 bits per heavy atom. The van der Waals surface area contributed by atoms with Crippen molar-refractivity contribution in [1.82, 2.24) is 10.2 Å². The van der Waals surface area contributed by atoms with Crippen molar-refractivity contribution in [3.8, 4) is 17.2 Å². The van der Waals surface area contributed by atoms with Crippen LogP contribution < -0.4 is 10.5 Å². The Hall–Kier alpha value is -1.88. The molecule has 0 spiro atoms. The molecular formula is C13H17N3O2. The maximum absolute atomic E-state index is 5.59. The van der Waals surface area contributed by atoms with Gasteiger partial charge in [-0.05, 0) is 18.2 Å². The van der Waals surface area contributed by atoms with E-state index in [4.69, 9.17) is 14.9 Å². The van der Waals surface area contributed by atoms with Crippen molar-refractivity contribution in [3.63, 3.8) is 0 Å². The van der Waals surface area contributed by atoms with Crippen molar-refractivity contribution in [2.24, 2.45) is 5.73 Å². The molecule has 5 nitrogen and oxygen atoms in total. The summed E-state index contributed by atoms with van der Waals surface area (Å²) in [6, 6.07) is 7.54. The molecule has 0 amide bonds. The average molecular weight is 247 g/mol. The summed E-state index contributed by atoms with van der Waals surface area (Å²) in [7, 11) is 0. The number of ether oxygens (including phenoxy) is 1. The van der Waals surface area contributed by atoms with E-state index in [0.717, 1.165) is 11.3 Å². The van der Waals surface area contributed by atoms with Crippen LogP contribution in [0.2, 0.25) is 0 Å². The lowest BCUT2D eigenvalue weighted by Gasteiger charge is -2.04. The Morgan fingerprint density at radius 2 is 2.17 bits per heavy atom. The maximum atomic E-state index is 5.59. The topological polar surface area (TPSA) is 74.2 Å². The van der Waals surface area contributed by atoms with Gasteiger partial charge < -0.3 is 14.9 Å². The van der Waals surface area contributed by atoms with Gasteiger partial charge in [-0.15, -0.1) is 10.2 Å². The third-order valence-electron chi connectivity index (χ3n) is 2.40. The number of hydrogen-bond acceptors (Lipinski definition) is 5. The van der Waals surface area contributed by atoms with Gasteiger partial charge in [-0.3, -0.25) is 0 Å². The van der Waals surface area contributed by atoms with Gasteiger partial charge in [0, 0.05) is 18.0 Å². The minimum atomic E-state index is 0.225. The van der Waals surface area contributed by atoms with Crippen LogP contribution in [0, 0.1) is 0 Å². The highest BCUT2D eigenvalue weighted by Crippen LogP contribution is 2.24. The van der Waals surface area contributed by atoms with Gasteiger partial charge in [0.05, 0.1) is 0 Å². The summed E-state index contributed by atoms with van der Waals surface area (Å²) in [5.74, 6) is 2.13. The number of nitrogens with zero attached hydrogens (tertiary/aromatic N) is 2. The molecule has 1 aromatic heterocycles. The zero-order valence-corrected chi connectivity index (χ0v) is 10.6. The van der Waals surface area contributed by atoms with Crippen LogP contribution in [0.15, 0.2) is 28.7 Å². The molecule has 2 rings (SSSR count). The van der Waals surface area contributed by atoms with Crippen molar-refractivity contribution in [2.45, 2.75) is 19.8 Å².